The monoisotopic (exact) mass is 294 g/mol. The molecule has 19 heavy (non-hydrogen) atoms. The molecule has 0 bridgehead atoms. The first-order chi connectivity index (χ1) is 8.64. The SMILES string of the molecule is COC(=O)CC1CN(S(=O)(=O)NC(C)(C)C)CCO1. The van der Waals surface area contributed by atoms with E-state index in [-0.39, 0.29) is 26.1 Å². The van der Waals surface area contributed by atoms with Gasteiger partial charge < -0.3 is 9.47 Å². The number of ether oxygens (including phenoxy) is 2. The Morgan fingerprint density at radius 2 is 2.11 bits per heavy atom. The number of morpholine rings is 1. The number of carbonyl (C=O) groups excluding carboxylic acids is 1. The normalized spacial score (nSPS) is 22.2. The number of carbonyl (C=O) groups is 1. The van der Waals surface area contributed by atoms with Crippen molar-refractivity contribution in [3.8, 4) is 0 Å². The van der Waals surface area contributed by atoms with Gasteiger partial charge in [0.2, 0.25) is 0 Å². The lowest BCUT2D eigenvalue weighted by molar-refractivity contribution is -0.145. The van der Waals surface area contributed by atoms with E-state index in [1.807, 2.05) is 0 Å². The summed E-state index contributed by atoms with van der Waals surface area (Å²) in [5.41, 5.74) is -0.547. The number of hydrogen-bond acceptors (Lipinski definition) is 5. The summed E-state index contributed by atoms with van der Waals surface area (Å²) in [6.07, 6.45) is -0.407. The Labute approximate surface area is 114 Å². The van der Waals surface area contributed by atoms with Crippen LogP contribution in [0.25, 0.3) is 0 Å². The summed E-state index contributed by atoms with van der Waals surface area (Å²) < 4.78 is 38.1. The number of esters is 1. The molecule has 0 radical (unpaired) electrons. The van der Waals surface area contributed by atoms with E-state index in [2.05, 4.69) is 9.46 Å². The lowest BCUT2D eigenvalue weighted by atomic mass is 10.1. The van der Waals surface area contributed by atoms with Crippen molar-refractivity contribution >= 4 is 16.2 Å². The van der Waals surface area contributed by atoms with E-state index in [1.165, 1.54) is 11.4 Å². The van der Waals surface area contributed by atoms with Crippen LogP contribution in [0.4, 0.5) is 0 Å². The van der Waals surface area contributed by atoms with Crippen LogP contribution in [-0.4, -0.2) is 57.1 Å². The van der Waals surface area contributed by atoms with Crippen LogP contribution < -0.4 is 4.72 Å². The molecular weight excluding hydrogens is 272 g/mol. The fourth-order valence-corrected chi connectivity index (χ4v) is 3.34. The average molecular weight is 294 g/mol. The molecule has 0 aromatic rings. The van der Waals surface area contributed by atoms with Gasteiger partial charge in [0.05, 0.1) is 26.2 Å². The molecule has 0 aromatic carbocycles. The van der Waals surface area contributed by atoms with E-state index < -0.39 is 27.8 Å². The Balaban J connectivity index is 2.66. The van der Waals surface area contributed by atoms with E-state index >= 15 is 0 Å². The van der Waals surface area contributed by atoms with Crippen molar-refractivity contribution in [1.29, 1.82) is 0 Å². The van der Waals surface area contributed by atoms with Gasteiger partial charge >= 0.3 is 5.97 Å². The van der Waals surface area contributed by atoms with Crippen LogP contribution in [-0.2, 0) is 24.5 Å². The summed E-state index contributed by atoms with van der Waals surface area (Å²) in [6, 6.07) is 0. The molecule has 0 aliphatic carbocycles. The Hall–Kier alpha value is -0.700. The Morgan fingerprint density at radius 1 is 1.47 bits per heavy atom. The minimum absolute atomic E-state index is 0.0536. The van der Waals surface area contributed by atoms with Crippen molar-refractivity contribution in [3.05, 3.63) is 0 Å². The van der Waals surface area contributed by atoms with Crippen molar-refractivity contribution in [2.45, 2.75) is 38.8 Å². The molecule has 1 aliphatic heterocycles. The highest BCUT2D eigenvalue weighted by Crippen LogP contribution is 2.14. The first-order valence-electron chi connectivity index (χ1n) is 6.11. The molecule has 1 aliphatic rings. The zero-order chi connectivity index (χ0) is 14.7. The minimum Gasteiger partial charge on any atom is -0.469 e. The molecule has 1 saturated heterocycles. The van der Waals surface area contributed by atoms with Crippen LogP contribution in [0.5, 0.6) is 0 Å². The van der Waals surface area contributed by atoms with Gasteiger partial charge in [-0.3, -0.25) is 4.79 Å². The molecule has 1 unspecified atom stereocenters. The molecule has 8 heteroatoms. The maximum absolute atomic E-state index is 12.1. The Kier molecular flexibility index (Phi) is 5.31. The van der Waals surface area contributed by atoms with Crippen LogP contribution in [0.3, 0.4) is 0 Å². The van der Waals surface area contributed by atoms with Crippen LogP contribution >= 0.6 is 0 Å². The van der Waals surface area contributed by atoms with E-state index in [0.29, 0.717) is 0 Å². The number of nitrogens with one attached hydrogen (secondary N) is 1. The van der Waals surface area contributed by atoms with Crippen molar-refractivity contribution < 1.29 is 22.7 Å². The molecule has 1 rings (SSSR count). The zero-order valence-electron chi connectivity index (χ0n) is 11.8. The highest BCUT2D eigenvalue weighted by atomic mass is 32.2. The molecule has 112 valence electrons. The molecule has 0 amide bonds. The van der Waals surface area contributed by atoms with Crippen molar-refractivity contribution in [2.24, 2.45) is 0 Å². The van der Waals surface area contributed by atoms with Crippen LogP contribution in [0.2, 0.25) is 0 Å². The highest BCUT2D eigenvalue weighted by molar-refractivity contribution is 7.87. The van der Waals surface area contributed by atoms with E-state index in [1.54, 1.807) is 20.8 Å². The third-order valence-electron chi connectivity index (χ3n) is 2.50. The second-order valence-electron chi connectivity index (χ2n) is 5.49. The van der Waals surface area contributed by atoms with Crippen molar-refractivity contribution in [2.75, 3.05) is 26.8 Å². The molecule has 0 spiro atoms. The molecule has 1 atom stereocenters. The smallest absolute Gasteiger partial charge is 0.308 e. The molecule has 1 fully saturated rings. The number of rotatable bonds is 4. The second-order valence-corrected chi connectivity index (χ2v) is 7.16. The van der Waals surface area contributed by atoms with Crippen LogP contribution in [0.1, 0.15) is 27.2 Å². The average Bonchev–Trinajstić information content (AvgIpc) is 2.26. The zero-order valence-corrected chi connectivity index (χ0v) is 12.6. The third kappa shape index (κ3) is 5.43. The van der Waals surface area contributed by atoms with Crippen LogP contribution in [0, 0.1) is 0 Å². The van der Waals surface area contributed by atoms with Gasteiger partial charge in [0.15, 0.2) is 0 Å². The van der Waals surface area contributed by atoms with Crippen molar-refractivity contribution in [1.82, 2.24) is 9.03 Å². The summed E-state index contributed by atoms with van der Waals surface area (Å²) in [6.45, 7) is 6.03. The molecule has 1 N–H and O–H groups in total. The first kappa shape index (κ1) is 16.4. The fourth-order valence-electron chi connectivity index (χ4n) is 1.75. The molecule has 0 saturated carbocycles. The largest absolute Gasteiger partial charge is 0.469 e. The summed E-state index contributed by atoms with van der Waals surface area (Å²) in [4.78, 5) is 11.2. The fraction of sp³-hybridized carbons (Fsp3) is 0.909. The predicted octanol–water partition coefficient (Wildman–Crippen LogP) is -0.117. The molecular formula is C11H22N2O5S. The van der Waals surface area contributed by atoms with Crippen molar-refractivity contribution in [3.63, 3.8) is 0 Å². The van der Waals surface area contributed by atoms with Gasteiger partial charge in [0.1, 0.15) is 0 Å². The number of nitrogens with zero attached hydrogens (tertiary/aromatic N) is 1. The van der Waals surface area contributed by atoms with Gasteiger partial charge in [0, 0.05) is 18.6 Å². The van der Waals surface area contributed by atoms with Gasteiger partial charge in [-0.2, -0.15) is 17.4 Å². The first-order valence-corrected chi connectivity index (χ1v) is 7.55. The number of methoxy groups -OCH3 is 1. The maximum Gasteiger partial charge on any atom is 0.308 e. The van der Waals surface area contributed by atoms with Gasteiger partial charge in [-0.05, 0) is 20.8 Å². The summed E-state index contributed by atoms with van der Waals surface area (Å²) in [5.74, 6) is -0.409. The van der Waals surface area contributed by atoms with E-state index in [9.17, 15) is 13.2 Å². The Bertz CT molecular complexity index is 415. The lowest BCUT2D eigenvalue weighted by Gasteiger charge is -2.33. The molecule has 1 heterocycles. The summed E-state index contributed by atoms with van der Waals surface area (Å²) >= 11 is 0. The van der Waals surface area contributed by atoms with Crippen LogP contribution in [0.15, 0.2) is 0 Å². The predicted molar refractivity (Wildman–Crippen MR) is 69.8 cm³/mol. The van der Waals surface area contributed by atoms with Gasteiger partial charge in [-0.25, -0.2) is 0 Å². The second kappa shape index (κ2) is 6.17. The van der Waals surface area contributed by atoms with E-state index in [0.717, 1.165) is 0 Å². The standard InChI is InChI=1S/C11H22N2O5S/c1-11(2,3)12-19(15,16)13-5-6-18-9(8-13)7-10(14)17-4/h9,12H,5-8H2,1-4H3. The third-order valence-corrected chi connectivity index (χ3v) is 4.38. The van der Waals surface area contributed by atoms with Gasteiger partial charge in [-0.1, -0.05) is 0 Å². The maximum atomic E-state index is 12.1. The quantitative estimate of drug-likeness (QED) is 0.731. The van der Waals surface area contributed by atoms with E-state index in [4.69, 9.17) is 4.74 Å². The lowest BCUT2D eigenvalue weighted by Crippen LogP contribution is -2.54. The molecule has 7 nitrogen and oxygen atoms in total. The summed E-state index contributed by atoms with van der Waals surface area (Å²) in [7, 11) is -2.27. The minimum atomic E-state index is -3.57. The van der Waals surface area contributed by atoms with Gasteiger partial charge in [-0.15, -0.1) is 0 Å². The molecule has 0 aromatic heterocycles. The number of hydrogen-bond donors (Lipinski definition) is 1. The van der Waals surface area contributed by atoms with Gasteiger partial charge in [0.25, 0.3) is 10.2 Å². The highest BCUT2D eigenvalue weighted by Gasteiger charge is 2.32. The summed E-state index contributed by atoms with van der Waals surface area (Å²) in [5, 5.41) is 0. The Morgan fingerprint density at radius 3 is 2.63 bits per heavy atom. The topological polar surface area (TPSA) is 84.9 Å².